The minimum Gasteiger partial charge on any atom is -0.463 e. The second-order valence-electron chi connectivity index (χ2n) is 4.37. The van der Waals surface area contributed by atoms with Gasteiger partial charge in [-0.05, 0) is 25.0 Å². The zero-order valence-corrected chi connectivity index (χ0v) is 11.7. The van der Waals surface area contributed by atoms with E-state index in [4.69, 9.17) is 9.68 Å². The summed E-state index contributed by atoms with van der Waals surface area (Å²) in [4.78, 5) is 11.3. The Morgan fingerprint density at radius 1 is 1.55 bits per heavy atom. The van der Waals surface area contributed by atoms with Crippen LogP contribution in [0.15, 0.2) is 21.6 Å². The number of sulfonamides is 1. The third-order valence-corrected chi connectivity index (χ3v) is 4.76. The van der Waals surface area contributed by atoms with E-state index in [9.17, 15) is 13.2 Å². The van der Waals surface area contributed by atoms with E-state index in [-0.39, 0.29) is 29.9 Å². The van der Waals surface area contributed by atoms with Crippen molar-refractivity contribution in [2.24, 2.45) is 0 Å². The molecule has 1 heterocycles. The quantitative estimate of drug-likeness (QED) is 0.730. The third kappa shape index (κ3) is 2.84. The number of rotatable bonds is 6. The van der Waals surface area contributed by atoms with Gasteiger partial charge < -0.3 is 9.15 Å². The molecule has 0 saturated heterocycles. The molecule has 1 saturated carbocycles. The summed E-state index contributed by atoms with van der Waals surface area (Å²) in [5.74, 6) is -0.899. The van der Waals surface area contributed by atoms with Crippen LogP contribution in [0.5, 0.6) is 0 Å². The lowest BCUT2D eigenvalue weighted by atomic mass is 10.4. The highest BCUT2D eigenvalue weighted by Crippen LogP contribution is 2.32. The molecule has 0 N–H and O–H groups in total. The van der Waals surface area contributed by atoms with Crippen molar-refractivity contribution in [2.45, 2.75) is 30.4 Å². The van der Waals surface area contributed by atoms with Crippen LogP contribution in [-0.2, 0) is 14.8 Å². The summed E-state index contributed by atoms with van der Waals surface area (Å²) >= 11 is 0. The Hall–Kier alpha value is -1.85. The fourth-order valence-electron chi connectivity index (χ4n) is 1.81. The summed E-state index contributed by atoms with van der Waals surface area (Å²) in [6.07, 6.45) is 1.66. The molecule has 0 bridgehead atoms. The molecule has 0 amide bonds. The summed E-state index contributed by atoms with van der Waals surface area (Å²) in [5, 5.41) is 8.30. The fraction of sp³-hybridized carbons (Fsp3) is 0.500. The number of carbonyl (C=O) groups excluding carboxylic acids is 1. The maximum atomic E-state index is 12.4. The highest BCUT2D eigenvalue weighted by Gasteiger charge is 2.39. The Balaban J connectivity index is 2.26. The number of methoxy groups -OCH3 is 1. The number of ether oxygens (including phenoxy) is 1. The Kier molecular flexibility index (Phi) is 4.11. The van der Waals surface area contributed by atoms with Crippen molar-refractivity contribution in [3.63, 3.8) is 0 Å². The van der Waals surface area contributed by atoms with Gasteiger partial charge in [0.1, 0.15) is 0 Å². The van der Waals surface area contributed by atoms with Gasteiger partial charge in [0.2, 0.25) is 10.9 Å². The number of hydrogen-bond donors (Lipinski definition) is 0. The molecule has 0 aliphatic heterocycles. The number of carbonyl (C=O) groups is 1. The van der Waals surface area contributed by atoms with Gasteiger partial charge in [0.15, 0.2) is 0 Å². The van der Waals surface area contributed by atoms with Crippen LogP contribution < -0.4 is 0 Å². The average molecular weight is 298 g/mol. The first-order valence-electron chi connectivity index (χ1n) is 6.07. The maximum absolute atomic E-state index is 12.4. The molecule has 0 unspecified atom stereocenters. The Morgan fingerprint density at radius 3 is 2.80 bits per heavy atom. The zero-order chi connectivity index (χ0) is 14.8. The van der Waals surface area contributed by atoms with E-state index in [1.807, 2.05) is 6.07 Å². The molecule has 0 spiro atoms. The standard InChI is InChI=1S/C12H14N2O5S/c1-18-12(15)10-5-6-11(19-10)20(16,17)14(8-2-7-13)9-3-4-9/h5-6,9H,2-4,8H2,1H3. The van der Waals surface area contributed by atoms with Crippen molar-refractivity contribution in [1.82, 2.24) is 4.31 Å². The van der Waals surface area contributed by atoms with Crippen LogP contribution in [0.25, 0.3) is 0 Å². The van der Waals surface area contributed by atoms with E-state index < -0.39 is 16.0 Å². The normalized spacial score (nSPS) is 15.1. The molecule has 1 aromatic heterocycles. The average Bonchev–Trinajstić information content (AvgIpc) is 3.12. The van der Waals surface area contributed by atoms with Gasteiger partial charge in [-0.25, -0.2) is 13.2 Å². The van der Waals surface area contributed by atoms with Crippen LogP contribution in [0.3, 0.4) is 0 Å². The molecule has 0 atom stereocenters. The molecule has 7 nitrogen and oxygen atoms in total. The smallest absolute Gasteiger partial charge is 0.374 e. The van der Waals surface area contributed by atoms with Crippen molar-refractivity contribution in [1.29, 1.82) is 5.26 Å². The van der Waals surface area contributed by atoms with Gasteiger partial charge in [-0.2, -0.15) is 9.57 Å². The van der Waals surface area contributed by atoms with Crippen molar-refractivity contribution >= 4 is 16.0 Å². The summed E-state index contributed by atoms with van der Waals surface area (Å²) in [5.41, 5.74) is 0. The largest absolute Gasteiger partial charge is 0.463 e. The molecule has 1 aromatic rings. The summed E-state index contributed by atoms with van der Waals surface area (Å²) in [6, 6.07) is 4.33. The van der Waals surface area contributed by atoms with Gasteiger partial charge in [0.05, 0.1) is 13.2 Å². The van der Waals surface area contributed by atoms with Gasteiger partial charge in [-0.1, -0.05) is 0 Å². The minimum atomic E-state index is -3.82. The minimum absolute atomic E-state index is 0.0833. The topological polar surface area (TPSA) is 101 Å². The van der Waals surface area contributed by atoms with Gasteiger partial charge in [0, 0.05) is 19.0 Å². The van der Waals surface area contributed by atoms with E-state index in [0.29, 0.717) is 0 Å². The van der Waals surface area contributed by atoms with Crippen LogP contribution in [0.2, 0.25) is 0 Å². The van der Waals surface area contributed by atoms with E-state index in [2.05, 4.69) is 4.74 Å². The van der Waals surface area contributed by atoms with E-state index in [1.165, 1.54) is 23.5 Å². The first kappa shape index (κ1) is 14.6. The van der Waals surface area contributed by atoms with Crippen molar-refractivity contribution in [3.8, 4) is 6.07 Å². The monoisotopic (exact) mass is 298 g/mol. The Morgan fingerprint density at radius 2 is 2.25 bits per heavy atom. The highest BCUT2D eigenvalue weighted by molar-refractivity contribution is 7.89. The van der Waals surface area contributed by atoms with Crippen LogP contribution >= 0.6 is 0 Å². The lowest BCUT2D eigenvalue weighted by Crippen LogP contribution is -2.33. The lowest BCUT2D eigenvalue weighted by Gasteiger charge is -2.18. The first-order chi connectivity index (χ1) is 9.50. The number of nitriles is 1. The van der Waals surface area contributed by atoms with Crippen LogP contribution in [0, 0.1) is 11.3 Å². The number of furan rings is 1. The molecule has 108 valence electrons. The summed E-state index contributed by atoms with van der Waals surface area (Å²) < 4.78 is 35.6. The second kappa shape index (κ2) is 5.64. The molecule has 1 aliphatic carbocycles. The summed E-state index contributed by atoms with van der Waals surface area (Å²) in [6.45, 7) is 0.123. The van der Waals surface area contributed by atoms with Gasteiger partial charge in [0.25, 0.3) is 10.0 Å². The van der Waals surface area contributed by atoms with Gasteiger partial charge >= 0.3 is 5.97 Å². The molecule has 0 aromatic carbocycles. The first-order valence-corrected chi connectivity index (χ1v) is 7.51. The SMILES string of the molecule is COC(=O)c1ccc(S(=O)(=O)N(CCC#N)C2CC2)o1. The molecule has 8 heteroatoms. The summed E-state index contributed by atoms with van der Waals surface area (Å²) in [7, 11) is -2.64. The van der Waals surface area contributed by atoms with E-state index in [1.54, 1.807) is 0 Å². The lowest BCUT2D eigenvalue weighted by molar-refractivity contribution is 0.0558. The Labute approximate surface area is 116 Å². The van der Waals surface area contributed by atoms with Crippen molar-refractivity contribution in [3.05, 3.63) is 17.9 Å². The molecular formula is C12H14N2O5S. The zero-order valence-electron chi connectivity index (χ0n) is 10.9. The van der Waals surface area contributed by atoms with E-state index >= 15 is 0 Å². The van der Waals surface area contributed by atoms with E-state index in [0.717, 1.165) is 12.8 Å². The third-order valence-electron chi connectivity index (χ3n) is 2.93. The van der Waals surface area contributed by atoms with Gasteiger partial charge in [-0.15, -0.1) is 0 Å². The number of esters is 1. The van der Waals surface area contributed by atoms with Crippen molar-refractivity contribution in [2.75, 3.05) is 13.7 Å². The van der Waals surface area contributed by atoms with Gasteiger partial charge in [-0.3, -0.25) is 0 Å². The molecule has 1 aliphatic rings. The predicted octanol–water partition coefficient (Wildman–Crippen LogP) is 1.13. The van der Waals surface area contributed by atoms with Crippen LogP contribution in [0.1, 0.15) is 29.8 Å². The fourth-order valence-corrected chi connectivity index (χ4v) is 3.41. The van der Waals surface area contributed by atoms with Crippen LogP contribution in [-0.4, -0.2) is 38.4 Å². The molecule has 20 heavy (non-hydrogen) atoms. The van der Waals surface area contributed by atoms with Crippen molar-refractivity contribution < 1.29 is 22.4 Å². The molecular weight excluding hydrogens is 284 g/mol. The predicted molar refractivity (Wildman–Crippen MR) is 67.2 cm³/mol. The number of nitrogens with zero attached hydrogens (tertiary/aromatic N) is 2. The molecule has 0 radical (unpaired) electrons. The second-order valence-corrected chi connectivity index (χ2v) is 6.19. The van der Waals surface area contributed by atoms with Crippen LogP contribution in [0.4, 0.5) is 0 Å². The Bertz CT molecular complexity index is 639. The highest BCUT2D eigenvalue weighted by atomic mass is 32.2. The molecule has 2 rings (SSSR count). The maximum Gasteiger partial charge on any atom is 0.374 e. The number of hydrogen-bond acceptors (Lipinski definition) is 6. The molecule has 1 fully saturated rings.